The van der Waals surface area contributed by atoms with Crippen LogP contribution < -0.4 is 10.1 Å². The SMILES string of the molecule is CCc1nc(OC)c2cc(Nc3c(C)ccnc3Cl)ccc2n1. The summed E-state index contributed by atoms with van der Waals surface area (Å²) in [6, 6.07) is 7.76. The van der Waals surface area contributed by atoms with Gasteiger partial charge < -0.3 is 10.1 Å². The zero-order chi connectivity index (χ0) is 16.4. The maximum atomic E-state index is 6.17. The number of anilines is 2. The van der Waals surface area contributed by atoms with Gasteiger partial charge in [-0.3, -0.25) is 0 Å². The molecule has 0 spiro atoms. The van der Waals surface area contributed by atoms with Gasteiger partial charge in [0, 0.05) is 18.3 Å². The first-order valence-electron chi connectivity index (χ1n) is 7.35. The summed E-state index contributed by atoms with van der Waals surface area (Å²) < 4.78 is 5.41. The molecule has 2 heterocycles. The molecule has 0 aliphatic heterocycles. The van der Waals surface area contributed by atoms with Crippen LogP contribution in [0, 0.1) is 6.92 Å². The Morgan fingerprint density at radius 3 is 2.74 bits per heavy atom. The summed E-state index contributed by atoms with van der Waals surface area (Å²) in [5.74, 6) is 1.34. The van der Waals surface area contributed by atoms with Gasteiger partial charge in [-0.1, -0.05) is 18.5 Å². The van der Waals surface area contributed by atoms with Crippen molar-refractivity contribution in [3.63, 3.8) is 0 Å². The number of hydrogen-bond acceptors (Lipinski definition) is 5. The second-order valence-corrected chi connectivity index (χ2v) is 5.51. The van der Waals surface area contributed by atoms with Gasteiger partial charge >= 0.3 is 0 Å². The number of nitrogens with zero attached hydrogens (tertiary/aromatic N) is 3. The monoisotopic (exact) mass is 328 g/mol. The fourth-order valence-electron chi connectivity index (χ4n) is 2.36. The van der Waals surface area contributed by atoms with Crippen molar-refractivity contribution in [1.29, 1.82) is 0 Å². The topological polar surface area (TPSA) is 59.9 Å². The van der Waals surface area contributed by atoms with Crippen molar-refractivity contribution in [3.05, 3.63) is 47.0 Å². The van der Waals surface area contributed by atoms with E-state index in [1.165, 1.54) is 0 Å². The van der Waals surface area contributed by atoms with Gasteiger partial charge in [-0.25, -0.2) is 9.97 Å². The van der Waals surface area contributed by atoms with E-state index in [2.05, 4.69) is 20.3 Å². The number of pyridine rings is 1. The zero-order valence-corrected chi connectivity index (χ0v) is 14.0. The summed E-state index contributed by atoms with van der Waals surface area (Å²) in [7, 11) is 1.61. The largest absolute Gasteiger partial charge is 0.480 e. The van der Waals surface area contributed by atoms with Crippen molar-refractivity contribution in [2.24, 2.45) is 0 Å². The number of hydrogen-bond donors (Lipinski definition) is 1. The van der Waals surface area contributed by atoms with E-state index in [1.54, 1.807) is 13.3 Å². The van der Waals surface area contributed by atoms with E-state index >= 15 is 0 Å². The molecule has 0 bridgehead atoms. The van der Waals surface area contributed by atoms with Crippen LogP contribution in [0.15, 0.2) is 30.5 Å². The third-order valence-electron chi connectivity index (χ3n) is 3.60. The van der Waals surface area contributed by atoms with Gasteiger partial charge in [0.05, 0.1) is 23.7 Å². The smallest absolute Gasteiger partial charge is 0.224 e. The number of fused-ring (bicyclic) bond motifs is 1. The highest BCUT2D eigenvalue weighted by molar-refractivity contribution is 6.32. The second-order valence-electron chi connectivity index (χ2n) is 5.15. The number of aromatic nitrogens is 3. The van der Waals surface area contributed by atoms with Gasteiger partial charge in [0.15, 0.2) is 5.15 Å². The van der Waals surface area contributed by atoms with E-state index in [-0.39, 0.29) is 0 Å². The molecular formula is C17H17ClN4O. The van der Waals surface area contributed by atoms with E-state index in [1.807, 2.05) is 38.1 Å². The average molecular weight is 329 g/mol. The van der Waals surface area contributed by atoms with Crippen LogP contribution in [0.25, 0.3) is 10.9 Å². The first-order chi connectivity index (χ1) is 11.1. The summed E-state index contributed by atoms with van der Waals surface area (Å²) in [5.41, 5.74) is 3.54. The van der Waals surface area contributed by atoms with Crippen molar-refractivity contribution in [2.45, 2.75) is 20.3 Å². The standard InChI is InChI=1S/C17H17ClN4O/c1-4-14-21-13-6-5-11(9-12(13)17(22-14)23-3)20-15-10(2)7-8-19-16(15)18/h5-9,20H,4H2,1-3H3. The number of methoxy groups -OCH3 is 1. The Hall–Kier alpha value is -2.40. The number of aryl methyl sites for hydroxylation is 2. The molecule has 118 valence electrons. The van der Waals surface area contributed by atoms with Gasteiger partial charge in [-0.2, -0.15) is 4.98 Å². The number of rotatable bonds is 4. The first-order valence-corrected chi connectivity index (χ1v) is 7.73. The normalized spacial score (nSPS) is 10.8. The fraction of sp³-hybridized carbons (Fsp3) is 0.235. The summed E-state index contributed by atoms with van der Waals surface area (Å²) in [4.78, 5) is 13.1. The molecule has 5 nitrogen and oxygen atoms in total. The molecule has 0 atom stereocenters. The number of ether oxygens (including phenoxy) is 1. The Kier molecular flexibility index (Phi) is 4.30. The Bertz CT molecular complexity index is 846. The van der Waals surface area contributed by atoms with Crippen LogP contribution in [0.3, 0.4) is 0 Å². The molecule has 0 unspecified atom stereocenters. The second kappa shape index (κ2) is 6.38. The number of benzene rings is 1. The Labute approximate surface area is 139 Å². The lowest BCUT2D eigenvalue weighted by molar-refractivity contribution is 0.401. The van der Waals surface area contributed by atoms with Crippen LogP contribution in [0.4, 0.5) is 11.4 Å². The average Bonchev–Trinajstić information content (AvgIpc) is 2.57. The lowest BCUT2D eigenvalue weighted by Crippen LogP contribution is -2.00. The van der Waals surface area contributed by atoms with Gasteiger partial charge in [-0.15, -0.1) is 0 Å². The Balaban J connectivity index is 2.06. The van der Waals surface area contributed by atoms with Gasteiger partial charge in [0.1, 0.15) is 5.82 Å². The van der Waals surface area contributed by atoms with Crippen LogP contribution in [-0.4, -0.2) is 22.1 Å². The molecule has 0 aliphatic carbocycles. The molecule has 0 saturated heterocycles. The van der Waals surface area contributed by atoms with Crippen LogP contribution in [0.2, 0.25) is 5.15 Å². The minimum Gasteiger partial charge on any atom is -0.480 e. The molecular weight excluding hydrogens is 312 g/mol. The molecule has 6 heteroatoms. The molecule has 0 radical (unpaired) electrons. The van der Waals surface area contributed by atoms with E-state index in [9.17, 15) is 0 Å². The molecule has 0 amide bonds. The number of halogens is 1. The molecule has 3 rings (SSSR count). The van der Waals surface area contributed by atoms with Crippen molar-refractivity contribution in [3.8, 4) is 5.88 Å². The van der Waals surface area contributed by atoms with Crippen molar-refractivity contribution in [2.75, 3.05) is 12.4 Å². The quantitative estimate of drug-likeness (QED) is 0.723. The van der Waals surface area contributed by atoms with E-state index < -0.39 is 0 Å². The predicted molar refractivity (Wildman–Crippen MR) is 92.7 cm³/mol. The summed E-state index contributed by atoms with van der Waals surface area (Å²) in [5, 5.41) is 4.60. The highest BCUT2D eigenvalue weighted by atomic mass is 35.5. The van der Waals surface area contributed by atoms with Crippen molar-refractivity contribution >= 4 is 33.9 Å². The third-order valence-corrected chi connectivity index (χ3v) is 3.89. The maximum absolute atomic E-state index is 6.17. The third kappa shape index (κ3) is 3.05. The summed E-state index contributed by atoms with van der Waals surface area (Å²) in [6.45, 7) is 4.00. The number of nitrogens with one attached hydrogen (secondary N) is 1. The molecule has 0 fully saturated rings. The van der Waals surface area contributed by atoms with E-state index in [0.29, 0.717) is 11.0 Å². The van der Waals surface area contributed by atoms with Crippen molar-refractivity contribution < 1.29 is 4.74 Å². The van der Waals surface area contributed by atoms with E-state index in [0.717, 1.165) is 40.1 Å². The van der Waals surface area contributed by atoms with Gasteiger partial charge in [-0.05, 0) is 36.8 Å². The lowest BCUT2D eigenvalue weighted by atomic mass is 10.2. The maximum Gasteiger partial charge on any atom is 0.224 e. The molecule has 2 aromatic heterocycles. The van der Waals surface area contributed by atoms with Crippen LogP contribution >= 0.6 is 11.6 Å². The van der Waals surface area contributed by atoms with Crippen LogP contribution in [0.1, 0.15) is 18.3 Å². The fourth-order valence-corrected chi connectivity index (χ4v) is 2.61. The molecule has 23 heavy (non-hydrogen) atoms. The predicted octanol–water partition coefficient (Wildman–Crippen LogP) is 4.30. The Morgan fingerprint density at radius 1 is 1.22 bits per heavy atom. The molecule has 3 aromatic rings. The molecule has 0 aliphatic rings. The highest BCUT2D eigenvalue weighted by Crippen LogP contribution is 2.30. The summed E-state index contributed by atoms with van der Waals surface area (Å²) in [6.07, 6.45) is 2.45. The van der Waals surface area contributed by atoms with Gasteiger partial charge in [0.25, 0.3) is 0 Å². The van der Waals surface area contributed by atoms with Gasteiger partial charge in [0.2, 0.25) is 5.88 Å². The van der Waals surface area contributed by atoms with Crippen molar-refractivity contribution in [1.82, 2.24) is 15.0 Å². The summed E-state index contributed by atoms with van der Waals surface area (Å²) >= 11 is 6.17. The van der Waals surface area contributed by atoms with E-state index in [4.69, 9.17) is 16.3 Å². The minimum atomic E-state index is 0.439. The first kappa shape index (κ1) is 15.5. The van der Waals surface area contributed by atoms with Crippen LogP contribution in [0.5, 0.6) is 5.88 Å². The molecule has 1 N–H and O–H groups in total. The zero-order valence-electron chi connectivity index (χ0n) is 13.2. The molecule has 1 aromatic carbocycles. The highest BCUT2D eigenvalue weighted by Gasteiger charge is 2.10. The lowest BCUT2D eigenvalue weighted by Gasteiger charge is -2.12. The van der Waals surface area contributed by atoms with Crippen LogP contribution in [-0.2, 0) is 6.42 Å². The Morgan fingerprint density at radius 2 is 2.04 bits per heavy atom. The minimum absolute atomic E-state index is 0.439. The molecule has 0 saturated carbocycles.